The summed E-state index contributed by atoms with van der Waals surface area (Å²) in [6.07, 6.45) is -5.62. The van der Waals surface area contributed by atoms with E-state index in [2.05, 4.69) is 4.98 Å². The second kappa shape index (κ2) is 8.83. The number of aromatic nitrogens is 2. The van der Waals surface area contributed by atoms with E-state index in [-0.39, 0.29) is 19.0 Å². The zero-order valence-corrected chi connectivity index (χ0v) is 13.7. The molecule has 0 aromatic carbocycles. The molecule has 0 spiro atoms. The van der Waals surface area contributed by atoms with Gasteiger partial charge in [0.25, 0.3) is 0 Å². The van der Waals surface area contributed by atoms with Crippen molar-refractivity contribution >= 4 is 5.82 Å². The SMILES string of the molecule is Nc1ccn([C@@H]2O[C@H](CO)C(O)C2O)c(=O)n1.OC[C@H]1OC[C@H](O)[C@@H]1O. The minimum absolute atomic E-state index is 0.0537. The summed E-state index contributed by atoms with van der Waals surface area (Å²) in [4.78, 5) is 15.0. The van der Waals surface area contributed by atoms with Gasteiger partial charge in [0.2, 0.25) is 0 Å². The van der Waals surface area contributed by atoms with Crippen molar-refractivity contribution in [2.45, 2.75) is 42.9 Å². The van der Waals surface area contributed by atoms with Gasteiger partial charge < -0.3 is 45.8 Å². The first-order valence-corrected chi connectivity index (χ1v) is 7.85. The number of ether oxygens (including phenoxy) is 2. The van der Waals surface area contributed by atoms with Crippen LogP contribution in [0.4, 0.5) is 5.82 Å². The zero-order valence-electron chi connectivity index (χ0n) is 13.7. The van der Waals surface area contributed by atoms with E-state index in [4.69, 9.17) is 35.6 Å². The molecule has 1 aromatic heterocycles. The quantitative estimate of drug-likeness (QED) is 0.268. The molecule has 7 atom stereocenters. The summed E-state index contributed by atoms with van der Waals surface area (Å²) in [7, 11) is 0. The Morgan fingerprint density at radius 3 is 2.19 bits per heavy atom. The Morgan fingerprint density at radius 1 is 1.12 bits per heavy atom. The first kappa shape index (κ1) is 20.7. The molecule has 0 amide bonds. The Kier molecular flexibility index (Phi) is 7.02. The topological polar surface area (TPSA) is 201 Å². The van der Waals surface area contributed by atoms with Crippen molar-refractivity contribution in [1.82, 2.24) is 9.55 Å². The average Bonchev–Trinajstić information content (AvgIpc) is 3.09. The third-order valence-electron chi connectivity index (χ3n) is 4.08. The largest absolute Gasteiger partial charge is 0.394 e. The summed E-state index contributed by atoms with van der Waals surface area (Å²) in [5.41, 5.74) is 4.63. The number of nitrogen functional groups attached to an aromatic ring is 1. The molecule has 12 heteroatoms. The van der Waals surface area contributed by atoms with Gasteiger partial charge >= 0.3 is 5.69 Å². The molecule has 2 fully saturated rings. The Bertz CT molecular complexity index is 642. The van der Waals surface area contributed by atoms with Crippen LogP contribution < -0.4 is 11.4 Å². The van der Waals surface area contributed by atoms with Crippen LogP contribution in [0.3, 0.4) is 0 Å². The summed E-state index contributed by atoms with van der Waals surface area (Å²) >= 11 is 0. The standard InChI is InChI=1S/C9H13N3O5.C5H10O4/c10-5-1-2-12(9(16)11-5)8-7(15)6(14)4(3-13)17-8;6-1-4-5(8)3(7)2-9-4/h1-2,4,6-8,13-15H,3H2,(H2,10,11,16);3-8H,1-2H2/t4-,6?,7?,8-;3-,4+,5-/m10/s1. The number of nitrogens with zero attached hydrogens (tertiary/aromatic N) is 2. The van der Waals surface area contributed by atoms with Gasteiger partial charge in [-0.15, -0.1) is 0 Å². The average molecular weight is 377 g/mol. The molecule has 8 N–H and O–H groups in total. The maximum absolute atomic E-state index is 11.5. The van der Waals surface area contributed by atoms with E-state index in [1.54, 1.807) is 0 Å². The van der Waals surface area contributed by atoms with Gasteiger partial charge in [0.1, 0.15) is 42.4 Å². The lowest BCUT2D eigenvalue weighted by Gasteiger charge is -2.16. The molecule has 0 aliphatic carbocycles. The summed E-state index contributed by atoms with van der Waals surface area (Å²) in [5.74, 6) is 0.0537. The molecule has 12 nitrogen and oxygen atoms in total. The first-order valence-electron chi connectivity index (χ1n) is 7.85. The van der Waals surface area contributed by atoms with Crippen LogP contribution in [0.5, 0.6) is 0 Å². The second-order valence-electron chi connectivity index (χ2n) is 5.88. The Morgan fingerprint density at radius 2 is 1.77 bits per heavy atom. The molecule has 0 saturated carbocycles. The summed E-state index contributed by atoms with van der Waals surface area (Å²) in [5, 5.41) is 54.3. The number of rotatable bonds is 3. The molecule has 2 aliphatic heterocycles. The van der Waals surface area contributed by atoms with E-state index in [0.717, 1.165) is 4.57 Å². The molecule has 2 aliphatic rings. The predicted molar refractivity (Wildman–Crippen MR) is 84.8 cm³/mol. The molecule has 0 radical (unpaired) electrons. The second-order valence-corrected chi connectivity index (χ2v) is 5.88. The van der Waals surface area contributed by atoms with Gasteiger partial charge in [0.05, 0.1) is 19.8 Å². The van der Waals surface area contributed by atoms with Crippen LogP contribution in [-0.4, -0.2) is 96.6 Å². The van der Waals surface area contributed by atoms with Crippen LogP contribution in [0, 0.1) is 0 Å². The lowest BCUT2D eigenvalue weighted by molar-refractivity contribution is -0.0549. The van der Waals surface area contributed by atoms with Crippen molar-refractivity contribution in [3.05, 3.63) is 22.7 Å². The first-order chi connectivity index (χ1) is 12.3. The normalized spacial score (nSPS) is 36.6. The molecular formula is C14H23N3O9. The fraction of sp³-hybridized carbons (Fsp3) is 0.714. The van der Waals surface area contributed by atoms with Crippen molar-refractivity contribution in [2.24, 2.45) is 0 Å². The third kappa shape index (κ3) is 4.36. The Labute approximate surface area is 147 Å². The molecule has 26 heavy (non-hydrogen) atoms. The highest BCUT2D eigenvalue weighted by molar-refractivity contribution is 5.23. The van der Waals surface area contributed by atoms with Crippen LogP contribution in [-0.2, 0) is 9.47 Å². The summed E-state index contributed by atoms with van der Waals surface area (Å²) in [6, 6.07) is 1.37. The summed E-state index contributed by atoms with van der Waals surface area (Å²) in [6.45, 7) is -0.573. The molecule has 148 valence electrons. The molecule has 3 rings (SSSR count). The lowest BCUT2D eigenvalue weighted by atomic mass is 10.1. The van der Waals surface area contributed by atoms with E-state index < -0.39 is 55.1 Å². The fourth-order valence-corrected chi connectivity index (χ4v) is 2.56. The highest BCUT2D eigenvalue weighted by atomic mass is 16.6. The van der Waals surface area contributed by atoms with E-state index in [0.29, 0.717) is 0 Å². The van der Waals surface area contributed by atoms with Crippen LogP contribution in [0.2, 0.25) is 0 Å². The smallest absolute Gasteiger partial charge is 0.351 e. The van der Waals surface area contributed by atoms with Crippen molar-refractivity contribution in [1.29, 1.82) is 0 Å². The van der Waals surface area contributed by atoms with Crippen LogP contribution in [0.1, 0.15) is 6.23 Å². The number of hydrogen-bond acceptors (Lipinski definition) is 11. The Balaban J connectivity index is 0.000000228. The zero-order chi connectivity index (χ0) is 19.4. The number of anilines is 1. The number of nitrogens with two attached hydrogens (primary N) is 1. The van der Waals surface area contributed by atoms with Crippen molar-refractivity contribution in [3.8, 4) is 0 Å². The van der Waals surface area contributed by atoms with Crippen molar-refractivity contribution < 1.29 is 40.1 Å². The van der Waals surface area contributed by atoms with Crippen molar-refractivity contribution in [2.75, 3.05) is 25.6 Å². The van der Waals surface area contributed by atoms with Gasteiger partial charge in [-0.05, 0) is 6.07 Å². The monoisotopic (exact) mass is 377 g/mol. The highest BCUT2D eigenvalue weighted by Crippen LogP contribution is 2.27. The van der Waals surface area contributed by atoms with E-state index in [1.807, 2.05) is 0 Å². The van der Waals surface area contributed by atoms with Gasteiger partial charge in [-0.1, -0.05) is 0 Å². The Hall–Kier alpha value is -1.64. The number of aliphatic hydroxyl groups excluding tert-OH is 6. The number of hydrogen-bond donors (Lipinski definition) is 7. The van der Waals surface area contributed by atoms with E-state index >= 15 is 0 Å². The fourth-order valence-electron chi connectivity index (χ4n) is 2.56. The van der Waals surface area contributed by atoms with Crippen LogP contribution in [0.25, 0.3) is 0 Å². The molecule has 1 aromatic rings. The minimum atomic E-state index is -1.31. The van der Waals surface area contributed by atoms with Gasteiger partial charge in [-0.3, -0.25) is 4.57 Å². The summed E-state index contributed by atoms with van der Waals surface area (Å²) < 4.78 is 11.0. The van der Waals surface area contributed by atoms with Crippen LogP contribution >= 0.6 is 0 Å². The lowest BCUT2D eigenvalue weighted by Crippen LogP contribution is -2.36. The predicted octanol–water partition coefficient (Wildman–Crippen LogP) is -4.46. The maximum Gasteiger partial charge on any atom is 0.351 e. The van der Waals surface area contributed by atoms with Crippen molar-refractivity contribution in [3.63, 3.8) is 0 Å². The van der Waals surface area contributed by atoms with Gasteiger partial charge in [0, 0.05) is 6.20 Å². The third-order valence-corrected chi connectivity index (χ3v) is 4.08. The molecular weight excluding hydrogens is 354 g/mol. The van der Waals surface area contributed by atoms with Gasteiger partial charge in [-0.2, -0.15) is 4.98 Å². The minimum Gasteiger partial charge on any atom is -0.394 e. The van der Waals surface area contributed by atoms with E-state index in [1.165, 1.54) is 12.3 Å². The number of aliphatic hydroxyl groups is 6. The van der Waals surface area contributed by atoms with E-state index in [9.17, 15) is 15.0 Å². The molecule has 3 heterocycles. The van der Waals surface area contributed by atoms with Gasteiger partial charge in [-0.25, -0.2) is 4.79 Å². The molecule has 0 bridgehead atoms. The molecule has 2 unspecified atom stereocenters. The highest BCUT2D eigenvalue weighted by Gasteiger charge is 2.43. The molecule has 2 saturated heterocycles. The maximum atomic E-state index is 11.5. The van der Waals surface area contributed by atoms with Crippen LogP contribution in [0.15, 0.2) is 17.1 Å². The van der Waals surface area contributed by atoms with Gasteiger partial charge in [0.15, 0.2) is 6.23 Å².